The van der Waals surface area contributed by atoms with Crippen molar-refractivity contribution in [2.75, 3.05) is 4.90 Å². The van der Waals surface area contributed by atoms with Crippen LogP contribution in [0.15, 0.2) is 225 Å². The molecule has 0 heterocycles. The van der Waals surface area contributed by atoms with E-state index in [4.69, 9.17) is 0 Å². The molecule has 8 aromatic carbocycles. The molecule has 0 saturated heterocycles. The first-order chi connectivity index (χ1) is 29.7. The summed E-state index contributed by atoms with van der Waals surface area (Å²) < 4.78 is 0. The second kappa shape index (κ2) is 16.8. The maximum Gasteiger partial charge on any atom is 0.0468 e. The van der Waals surface area contributed by atoms with Crippen LogP contribution in [0.1, 0.15) is 36.0 Å². The van der Waals surface area contributed by atoms with Crippen molar-refractivity contribution in [2.24, 2.45) is 0 Å². The molecule has 60 heavy (non-hydrogen) atoms. The minimum Gasteiger partial charge on any atom is -0.310 e. The fraction of sp³-hybridized carbons (Fsp3) is 0.0508. The van der Waals surface area contributed by atoms with Crippen LogP contribution in [0.5, 0.6) is 0 Å². The van der Waals surface area contributed by atoms with Gasteiger partial charge >= 0.3 is 0 Å². The van der Waals surface area contributed by atoms with Gasteiger partial charge in [-0.25, -0.2) is 0 Å². The highest BCUT2D eigenvalue weighted by Crippen LogP contribution is 2.42. The zero-order chi connectivity index (χ0) is 40.1. The van der Waals surface area contributed by atoms with E-state index in [2.05, 4.69) is 242 Å². The summed E-state index contributed by atoms with van der Waals surface area (Å²) in [5, 5.41) is 0. The number of hydrogen-bond acceptors (Lipinski definition) is 1. The van der Waals surface area contributed by atoms with Crippen molar-refractivity contribution in [3.05, 3.63) is 241 Å². The highest BCUT2D eigenvalue weighted by Gasteiger charge is 2.18. The molecule has 0 unspecified atom stereocenters. The van der Waals surface area contributed by atoms with E-state index in [0.29, 0.717) is 0 Å². The van der Waals surface area contributed by atoms with Crippen LogP contribution in [0.25, 0.3) is 73.4 Å². The van der Waals surface area contributed by atoms with Crippen LogP contribution in [0.3, 0.4) is 0 Å². The van der Waals surface area contributed by atoms with Crippen LogP contribution < -0.4 is 4.90 Å². The molecule has 0 N–H and O–H groups in total. The first kappa shape index (κ1) is 36.8. The topological polar surface area (TPSA) is 3.24 Å². The Bertz CT molecular complexity index is 2880. The molecule has 0 amide bonds. The monoisotopic (exact) mass is 767 g/mol. The number of fused-ring (bicyclic) bond motifs is 1. The average molecular weight is 768 g/mol. The summed E-state index contributed by atoms with van der Waals surface area (Å²) in [6.07, 6.45) is 19.0. The van der Waals surface area contributed by atoms with Gasteiger partial charge in [-0.2, -0.15) is 0 Å². The smallest absolute Gasteiger partial charge is 0.0468 e. The Balaban J connectivity index is 1.02. The Hall–Kier alpha value is -7.48. The molecule has 0 aromatic heterocycles. The average Bonchev–Trinajstić information content (AvgIpc) is 3.58. The van der Waals surface area contributed by atoms with Crippen LogP contribution in [0, 0.1) is 0 Å². The largest absolute Gasteiger partial charge is 0.310 e. The van der Waals surface area contributed by atoms with E-state index >= 15 is 0 Å². The van der Waals surface area contributed by atoms with Gasteiger partial charge in [-0.15, -0.1) is 0 Å². The molecule has 1 heteroatoms. The molecule has 0 spiro atoms. The lowest BCUT2D eigenvalue weighted by Crippen LogP contribution is -2.10. The molecule has 10 rings (SSSR count). The van der Waals surface area contributed by atoms with E-state index in [1.807, 2.05) is 0 Å². The molecular formula is C59H45N. The van der Waals surface area contributed by atoms with E-state index in [1.54, 1.807) is 0 Å². The van der Waals surface area contributed by atoms with Crippen LogP contribution >= 0.6 is 0 Å². The van der Waals surface area contributed by atoms with E-state index in [-0.39, 0.29) is 0 Å². The van der Waals surface area contributed by atoms with Crippen molar-refractivity contribution in [2.45, 2.75) is 19.3 Å². The van der Waals surface area contributed by atoms with E-state index in [1.165, 1.54) is 77.9 Å². The third-order valence-corrected chi connectivity index (χ3v) is 11.7. The van der Waals surface area contributed by atoms with E-state index in [0.717, 1.165) is 36.3 Å². The minimum absolute atomic E-state index is 0.966. The van der Waals surface area contributed by atoms with Gasteiger partial charge in [0.2, 0.25) is 0 Å². The summed E-state index contributed by atoms with van der Waals surface area (Å²) in [6, 6.07) is 71.1. The normalized spacial score (nSPS) is 13.0. The first-order valence-corrected chi connectivity index (χ1v) is 21.0. The quantitative estimate of drug-likeness (QED) is 0.141. The molecule has 0 bridgehead atoms. The predicted molar refractivity (Wildman–Crippen MR) is 257 cm³/mol. The fourth-order valence-corrected chi connectivity index (χ4v) is 8.51. The van der Waals surface area contributed by atoms with Crippen LogP contribution in [0.4, 0.5) is 17.1 Å². The number of hydrogen-bond donors (Lipinski definition) is 0. The van der Waals surface area contributed by atoms with Gasteiger partial charge in [0, 0.05) is 17.1 Å². The molecule has 286 valence electrons. The van der Waals surface area contributed by atoms with Crippen LogP contribution in [0.2, 0.25) is 0 Å². The highest BCUT2D eigenvalue weighted by atomic mass is 15.1. The van der Waals surface area contributed by atoms with Crippen molar-refractivity contribution in [3.63, 3.8) is 0 Å². The van der Waals surface area contributed by atoms with Gasteiger partial charge in [-0.1, -0.05) is 194 Å². The Kier molecular flexibility index (Phi) is 10.3. The lowest BCUT2D eigenvalue weighted by atomic mass is 9.92. The molecule has 0 aliphatic heterocycles. The van der Waals surface area contributed by atoms with Gasteiger partial charge in [0.15, 0.2) is 0 Å². The molecule has 2 aliphatic rings. The van der Waals surface area contributed by atoms with Gasteiger partial charge < -0.3 is 4.90 Å². The summed E-state index contributed by atoms with van der Waals surface area (Å²) >= 11 is 0. The number of nitrogens with zero attached hydrogens (tertiary/aromatic N) is 1. The summed E-state index contributed by atoms with van der Waals surface area (Å²) in [5.41, 5.74) is 20.4. The van der Waals surface area contributed by atoms with E-state index < -0.39 is 0 Å². The van der Waals surface area contributed by atoms with Crippen LogP contribution in [-0.2, 0) is 0 Å². The molecule has 0 fully saturated rings. The molecule has 2 aliphatic carbocycles. The zero-order valence-corrected chi connectivity index (χ0v) is 33.6. The third-order valence-electron chi connectivity index (χ3n) is 11.7. The number of benzene rings is 8. The van der Waals surface area contributed by atoms with Crippen molar-refractivity contribution >= 4 is 34.8 Å². The maximum atomic E-state index is 2.39. The Morgan fingerprint density at radius 1 is 0.300 bits per heavy atom. The zero-order valence-electron chi connectivity index (χ0n) is 33.6. The van der Waals surface area contributed by atoms with E-state index in [9.17, 15) is 0 Å². The van der Waals surface area contributed by atoms with Gasteiger partial charge in [-0.3, -0.25) is 0 Å². The third kappa shape index (κ3) is 7.74. The van der Waals surface area contributed by atoms with Gasteiger partial charge in [0.25, 0.3) is 0 Å². The summed E-state index contributed by atoms with van der Waals surface area (Å²) in [6.45, 7) is 0. The Morgan fingerprint density at radius 3 is 1.40 bits per heavy atom. The van der Waals surface area contributed by atoms with Crippen molar-refractivity contribution < 1.29 is 0 Å². The second-order valence-electron chi connectivity index (χ2n) is 15.6. The number of allylic oxidation sites excluding steroid dienone is 6. The van der Waals surface area contributed by atoms with Gasteiger partial charge in [-0.05, 0) is 140 Å². The number of rotatable bonds is 9. The first-order valence-electron chi connectivity index (χ1n) is 21.0. The molecular weight excluding hydrogens is 723 g/mol. The second-order valence-corrected chi connectivity index (χ2v) is 15.6. The standard InChI is InChI=1S/C59H45N/c1-5-13-43(14-6-1)46-21-23-47(24-22-46)48-25-28-52(29-26-48)58-40-39-57(42-59(58)51-18-10-4-11-19-51)60(55-35-31-49(32-36-55)44-15-7-2-8-16-44)56-37-33-50(34-38-56)54-30-27-45-17-9-3-12-20-53(45)41-54/h1,4-7,9-42H,2-3,8H2. The SMILES string of the molecule is C1=Cc2ccc(-c3ccc(N(c4ccc(C5=CCCC=C5)cc4)c4ccc(-c5ccc(-c6ccc(-c7ccccc7)cc6)cc5)c(-c5ccccc5)c4)cc3)cc2C=CC1. The lowest BCUT2D eigenvalue weighted by Gasteiger charge is -2.27. The molecule has 0 saturated carbocycles. The Labute approximate surface area is 354 Å². The number of anilines is 3. The van der Waals surface area contributed by atoms with Gasteiger partial charge in [0.05, 0.1) is 0 Å². The van der Waals surface area contributed by atoms with Crippen molar-refractivity contribution in [3.8, 4) is 55.6 Å². The summed E-state index contributed by atoms with van der Waals surface area (Å²) in [7, 11) is 0. The van der Waals surface area contributed by atoms with Gasteiger partial charge in [0.1, 0.15) is 0 Å². The predicted octanol–water partition coefficient (Wildman–Crippen LogP) is 16.7. The van der Waals surface area contributed by atoms with Crippen LogP contribution in [-0.4, -0.2) is 0 Å². The van der Waals surface area contributed by atoms with Crippen molar-refractivity contribution in [1.82, 2.24) is 0 Å². The van der Waals surface area contributed by atoms with Crippen molar-refractivity contribution in [1.29, 1.82) is 0 Å². The summed E-state index contributed by atoms with van der Waals surface area (Å²) in [4.78, 5) is 2.39. The molecule has 0 radical (unpaired) electrons. The lowest BCUT2D eigenvalue weighted by molar-refractivity contribution is 1.04. The molecule has 0 atom stereocenters. The minimum atomic E-state index is 0.966. The fourth-order valence-electron chi connectivity index (χ4n) is 8.51. The Morgan fingerprint density at radius 2 is 0.783 bits per heavy atom. The molecule has 1 nitrogen and oxygen atoms in total. The molecule has 8 aromatic rings. The maximum absolute atomic E-state index is 2.39. The highest BCUT2D eigenvalue weighted by molar-refractivity contribution is 5.90. The summed E-state index contributed by atoms with van der Waals surface area (Å²) in [5.74, 6) is 0.